The highest BCUT2D eigenvalue weighted by Gasteiger charge is 2.32. The van der Waals surface area contributed by atoms with Crippen LogP contribution in [0.2, 0.25) is 0 Å². The van der Waals surface area contributed by atoms with Crippen molar-refractivity contribution in [3.63, 3.8) is 0 Å². The highest BCUT2D eigenvalue weighted by atomic mass is 16.6. The molecule has 0 unspecified atom stereocenters. The topological polar surface area (TPSA) is 131 Å². The molecule has 1 aliphatic heterocycles. The van der Waals surface area contributed by atoms with Gasteiger partial charge >= 0.3 is 12.1 Å². The standard InChI is InChI=1S/C21H35N3O7/c1-13(2)9-16(23-20(29)31-21(4,5)6)17(26)11-24(18(27)12-30-14(3)25)10-15-7-8-22-19(15)28/h13,15-16H,7-12H2,1-6H3,(H,22,28)(H,23,29)/t15-,16-/m0/s1. The third-order valence-corrected chi connectivity index (χ3v) is 4.49. The van der Waals surface area contributed by atoms with Crippen LogP contribution in [0.4, 0.5) is 4.79 Å². The van der Waals surface area contributed by atoms with Crippen LogP contribution < -0.4 is 10.6 Å². The second-order valence-electron chi connectivity index (χ2n) is 9.13. The zero-order chi connectivity index (χ0) is 23.8. The van der Waals surface area contributed by atoms with Crippen molar-refractivity contribution in [1.82, 2.24) is 15.5 Å². The van der Waals surface area contributed by atoms with Crippen molar-refractivity contribution < 1.29 is 33.4 Å². The number of nitrogens with one attached hydrogen (secondary N) is 2. The molecular formula is C21H35N3O7. The van der Waals surface area contributed by atoms with Crippen LogP contribution in [0.15, 0.2) is 0 Å². The molecule has 1 fully saturated rings. The van der Waals surface area contributed by atoms with Gasteiger partial charge in [0.25, 0.3) is 5.91 Å². The molecule has 3 amide bonds. The normalized spacial score (nSPS) is 17.0. The highest BCUT2D eigenvalue weighted by molar-refractivity contribution is 5.92. The second-order valence-corrected chi connectivity index (χ2v) is 9.13. The molecule has 0 radical (unpaired) electrons. The Morgan fingerprint density at radius 2 is 1.87 bits per heavy atom. The number of alkyl carbamates (subject to hydrolysis) is 1. The maximum Gasteiger partial charge on any atom is 0.408 e. The summed E-state index contributed by atoms with van der Waals surface area (Å²) < 4.78 is 10.0. The van der Waals surface area contributed by atoms with Crippen LogP contribution in [0.5, 0.6) is 0 Å². The number of ether oxygens (including phenoxy) is 2. The first kappa shape index (κ1) is 26.4. The van der Waals surface area contributed by atoms with E-state index in [1.165, 1.54) is 11.8 Å². The van der Waals surface area contributed by atoms with E-state index >= 15 is 0 Å². The van der Waals surface area contributed by atoms with Gasteiger partial charge in [-0.2, -0.15) is 0 Å². The molecular weight excluding hydrogens is 406 g/mol. The molecule has 1 heterocycles. The molecule has 0 aromatic heterocycles. The number of hydrogen-bond donors (Lipinski definition) is 2. The van der Waals surface area contributed by atoms with Crippen LogP contribution in [0.3, 0.4) is 0 Å². The molecule has 10 nitrogen and oxygen atoms in total. The molecule has 31 heavy (non-hydrogen) atoms. The Hall–Kier alpha value is -2.65. The Balaban J connectivity index is 2.92. The SMILES string of the molecule is CC(=O)OCC(=O)N(CC(=O)[C@H](CC(C)C)NC(=O)OC(C)(C)C)C[C@@H]1CCNC1=O. The third-order valence-electron chi connectivity index (χ3n) is 4.49. The summed E-state index contributed by atoms with van der Waals surface area (Å²) in [4.78, 5) is 62.0. The number of hydrogen-bond acceptors (Lipinski definition) is 7. The van der Waals surface area contributed by atoms with E-state index < -0.39 is 47.9 Å². The van der Waals surface area contributed by atoms with Gasteiger partial charge in [-0.05, 0) is 39.5 Å². The molecule has 0 spiro atoms. The average molecular weight is 442 g/mol. The lowest BCUT2D eigenvalue weighted by Crippen LogP contribution is -2.50. The van der Waals surface area contributed by atoms with Crippen molar-refractivity contribution in [2.24, 2.45) is 11.8 Å². The Morgan fingerprint density at radius 3 is 2.35 bits per heavy atom. The summed E-state index contributed by atoms with van der Waals surface area (Å²) in [6.07, 6.45) is 0.170. The van der Waals surface area contributed by atoms with Gasteiger partial charge in [-0.1, -0.05) is 13.8 Å². The lowest BCUT2D eigenvalue weighted by molar-refractivity contribution is -0.151. The van der Waals surface area contributed by atoms with E-state index in [0.717, 1.165) is 0 Å². The van der Waals surface area contributed by atoms with Crippen molar-refractivity contribution in [2.45, 2.75) is 66.0 Å². The maximum absolute atomic E-state index is 13.0. The number of nitrogens with zero attached hydrogens (tertiary/aromatic N) is 1. The lowest BCUT2D eigenvalue weighted by atomic mass is 9.99. The summed E-state index contributed by atoms with van der Waals surface area (Å²) in [6.45, 7) is 9.82. The molecule has 1 saturated heterocycles. The Labute approximate surface area is 183 Å². The Morgan fingerprint density at radius 1 is 1.23 bits per heavy atom. The minimum Gasteiger partial charge on any atom is -0.456 e. The van der Waals surface area contributed by atoms with Crippen LogP contribution in [-0.4, -0.2) is 72.4 Å². The summed E-state index contributed by atoms with van der Waals surface area (Å²) in [5.41, 5.74) is -0.725. The first-order valence-corrected chi connectivity index (χ1v) is 10.5. The summed E-state index contributed by atoms with van der Waals surface area (Å²) in [6, 6.07) is -0.865. The zero-order valence-electron chi connectivity index (χ0n) is 19.3. The van der Waals surface area contributed by atoms with E-state index in [1.54, 1.807) is 20.8 Å². The van der Waals surface area contributed by atoms with Crippen LogP contribution in [0, 0.1) is 11.8 Å². The lowest BCUT2D eigenvalue weighted by Gasteiger charge is -2.28. The fourth-order valence-corrected chi connectivity index (χ4v) is 3.08. The van der Waals surface area contributed by atoms with Gasteiger partial charge in [-0.25, -0.2) is 4.79 Å². The van der Waals surface area contributed by atoms with E-state index in [0.29, 0.717) is 19.4 Å². The molecule has 1 aliphatic rings. The molecule has 2 atom stereocenters. The molecule has 1 rings (SSSR count). The maximum atomic E-state index is 13.0. The zero-order valence-corrected chi connectivity index (χ0v) is 19.3. The van der Waals surface area contributed by atoms with Gasteiger partial charge in [0.15, 0.2) is 12.4 Å². The molecule has 0 aliphatic carbocycles. The van der Waals surface area contributed by atoms with Gasteiger partial charge < -0.3 is 25.0 Å². The summed E-state index contributed by atoms with van der Waals surface area (Å²) in [7, 11) is 0. The molecule has 0 aromatic carbocycles. The van der Waals surface area contributed by atoms with Crippen LogP contribution in [-0.2, 0) is 28.7 Å². The van der Waals surface area contributed by atoms with E-state index in [2.05, 4.69) is 10.6 Å². The quantitative estimate of drug-likeness (QED) is 0.484. The first-order chi connectivity index (χ1) is 14.3. The van der Waals surface area contributed by atoms with E-state index in [9.17, 15) is 24.0 Å². The Kier molecular flexibility index (Phi) is 9.93. The number of ketones is 1. The van der Waals surface area contributed by atoms with E-state index in [-0.39, 0.29) is 24.9 Å². The molecule has 2 N–H and O–H groups in total. The number of amides is 3. The minimum absolute atomic E-state index is 0.0263. The summed E-state index contributed by atoms with van der Waals surface area (Å²) >= 11 is 0. The van der Waals surface area contributed by atoms with Crippen molar-refractivity contribution in [2.75, 3.05) is 26.2 Å². The summed E-state index contributed by atoms with van der Waals surface area (Å²) in [5, 5.41) is 5.28. The van der Waals surface area contributed by atoms with Crippen molar-refractivity contribution in [3.8, 4) is 0 Å². The van der Waals surface area contributed by atoms with Gasteiger partial charge in [-0.3, -0.25) is 19.2 Å². The minimum atomic E-state index is -0.865. The molecule has 0 bridgehead atoms. The molecule has 10 heteroatoms. The van der Waals surface area contributed by atoms with Gasteiger partial charge in [0, 0.05) is 20.0 Å². The number of esters is 1. The first-order valence-electron chi connectivity index (χ1n) is 10.5. The van der Waals surface area contributed by atoms with E-state index in [4.69, 9.17) is 9.47 Å². The largest absolute Gasteiger partial charge is 0.456 e. The van der Waals surface area contributed by atoms with Gasteiger partial charge in [0.2, 0.25) is 5.91 Å². The number of carbonyl (C=O) groups is 5. The molecule has 0 saturated carbocycles. The van der Waals surface area contributed by atoms with Crippen molar-refractivity contribution in [1.29, 1.82) is 0 Å². The smallest absolute Gasteiger partial charge is 0.408 e. The highest BCUT2D eigenvalue weighted by Crippen LogP contribution is 2.14. The van der Waals surface area contributed by atoms with Gasteiger partial charge in [-0.15, -0.1) is 0 Å². The monoisotopic (exact) mass is 441 g/mol. The van der Waals surface area contributed by atoms with Crippen molar-refractivity contribution in [3.05, 3.63) is 0 Å². The molecule has 176 valence electrons. The predicted octanol–water partition coefficient (Wildman–Crippen LogP) is 1.02. The Bertz CT molecular complexity index is 685. The van der Waals surface area contributed by atoms with Crippen LogP contribution in [0.25, 0.3) is 0 Å². The number of rotatable bonds is 10. The fraction of sp³-hybridized carbons (Fsp3) is 0.762. The number of Topliss-reactive ketones (excluding diaryl/α,β-unsaturated/α-hetero) is 1. The van der Waals surface area contributed by atoms with Gasteiger partial charge in [0.05, 0.1) is 18.5 Å². The second kappa shape index (κ2) is 11.7. The number of carbonyl (C=O) groups excluding carboxylic acids is 5. The summed E-state index contributed by atoms with van der Waals surface area (Å²) in [5.74, 6) is -2.14. The van der Waals surface area contributed by atoms with Crippen LogP contribution >= 0.6 is 0 Å². The molecule has 0 aromatic rings. The third kappa shape index (κ3) is 10.3. The fourth-order valence-electron chi connectivity index (χ4n) is 3.08. The van der Waals surface area contributed by atoms with E-state index in [1.807, 2.05) is 13.8 Å². The predicted molar refractivity (Wildman–Crippen MR) is 112 cm³/mol. The van der Waals surface area contributed by atoms with Crippen molar-refractivity contribution >= 4 is 29.7 Å². The van der Waals surface area contributed by atoms with Crippen LogP contribution in [0.1, 0.15) is 54.4 Å². The van der Waals surface area contributed by atoms with Gasteiger partial charge in [0.1, 0.15) is 5.60 Å². The average Bonchev–Trinajstić information content (AvgIpc) is 3.01.